The second-order valence-corrected chi connectivity index (χ2v) is 7.11. The summed E-state index contributed by atoms with van der Waals surface area (Å²) in [5, 5.41) is 0. The lowest BCUT2D eigenvalue weighted by molar-refractivity contribution is -0.138. The second-order valence-electron chi connectivity index (χ2n) is 7.11. The smallest absolute Gasteiger partial charge is 0.277 e. The molecule has 146 valence electrons. The standard InChI is InChI=1S/C23H26N2O3/c1-4-6-7-18-10-14-20(15-11-18)25-21(19-12-8-17(5-2)9-13-19)22(27)24(16(3)26)23(25)28/h8-15,21H,4-7H2,1-3H3. The summed E-state index contributed by atoms with van der Waals surface area (Å²) in [6.07, 6.45) is 4.08. The number of urea groups is 1. The van der Waals surface area contributed by atoms with Gasteiger partial charge in [0.25, 0.3) is 5.91 Å². The zero-order valence-corrected chi connectivity index (χ0v) is 16.6. The third-order valence-electron chi connectivity index (χ3n) is 5.16. The van der Waals surface area contributed by atoms with Gasteiger partial charge in [0.05, 0.1) is 0 Å². The SMILES string of the molecule is CCCCc1ccc(N2C(=O)N(C(C)=O)C(=O)C2c2ccc(CC)cc2)cc1. The summed E-state index contributed by atoms with van der Waals surface area (Å²) < 4.78 is 0. The van der Waals surface area contributed by atoms with Gasteiger partial charge in [0.1, 0.15) is 6.04 Å². The van der Waals surface area contributed by atoms with Crippen molar-refractivity contribution >= 4 is 23.5 Å². The molecular weight excluding hydrogens is 352 g/mol. The number of imide groups is 3. The van der Waals surface area contributed by atoms with Gasteiger partial charge in [0.15, 0.2) is 0 Å². The number of unbranched alkanes of at least 4 members (excludes halogenated alkanes) is 1. The van der Waals surface area contributed by atoms with Gasteiger partial charge >= 0.3 is 6.03 Å². The van der Waals surface area contributed by atoms with Gasteiger partial charge in [-0.2, -0.15) is 4.90 Å². The second kappa shape index (κ2) is 8.38. The highest BCUT2D eigenvalue weighted by atomic mass is 16.2. The molecule has 0 aromatic heterocycles. The molecule has 1 saturated heterocycles. The van der Waals surface area contributed by atoms with E-state index >= 15 is 0 Å². The van der Waals surface area contributed by atoms with Gasteiger partial charge in [-0.1, -0.05) is 56.7 Å². The van der Waals surface area contributed by atoms with E-state index in [-0.39, 0.29) is 0 Å². The molecule has 2 aromatic rings. The Kier molecular flexibility index (Phi) is 5.93. The van der Waals surface area contributed by atoms with Crippen LogP contribution >= 0.6 is 0 Å². The number of aryl methyl sites for hydroxylation is 2. The molecule has 0 aliphatic carbocycles. The molecule has 1 fully saturated rings. The predicted molar refractivity (Wildman–Crippen MR) is 109 cm³/mol. The summed E-state index contributed by atoms with van der Waals surface area (Å²) in [6.45, 7) is 5.45. The molecule has 3 rings (SSSR count). The molecule has 1 atom stereocenters. The zero-order valence-electron chi connectivity index (χ0n) is 16.6. The lowest BCUT2D eigenvalue weighted by Crippen LogP contribution is -2.36. The van der Waals surface area contributed by atoms with Crippen LogP contribution in [0.1, 0.15) is 56.3 Å². The molecule has 0 bridgehead atoms. The normalized spacial score (nSPS) is 16.8. The lowest BCUT2D eigenvalue weighted by atomic mass is 10.0. The van der Waals surface area contributed by atoms with Crippen LogP contribution in [-0.2, 0) is 22.4 Å². The summed E-state index contributed by atoms with van der Waals surface area (Å²) in [7, 11) is 0. The molecule has 1 heterocycles. The summed E-state index contributed by atoms with van der Waals surface area (Å²) >= 11 is 0. The molecule has 0 spiro atoms. The minimum absolute atomic E-state index is 0.503. The van der Waals surface area contributed by atoms with E-state index in [1.807, 2.05) is 48.5 Å². The molecule has 0 N–H and O–H groups in total. The topological polar surface area (TPSA) is 57.7 Å². The molecular formula is C23H26N2O3. The van der Waals surface area contributed by atoms with E-state index in [1.54, 1.807) is 0 Å². The number of carbonyl (C=O) groups excluding carboxylic acids is 3. The first-order valence-electron chi connectivity index (χ1n) is 9.83. The molecule has 5 nitrogen and oxygen atoms in total. The minimum atomic E-state index is -0.830. The van der Waals surface area contributed by atoms with Crippen LogP contribution in [0.25, 0.3) is 0 Å². The van der Waals surface area contributed by atoms with Crippen molar-refractivity contribution in [3.05, 3.63) is 65.2 Å². The van der Waals surface area contributed by atoms with Crippen molar-refractivity contribution in [3.63, 3.8) is 0 Å². The molecule has 0 radical (unpaired) electrons. The van der Waals surface area contributed by atoms with Crippen molar-refractivity contribution in [1.82, 2.24) is 4.90 Å². The predicted octanol–water partition coefficient (Wildman–Crippen LogP) is 4.65. The van der Waals surface area contributed by atoms with Crippen LogP contribution in [0.2, 0.25) is 0 Å². The molecule has 1 unspecified atom stereocenters. The van der Waals surface area contributed by atoms with E-state index in [1.165, 1.54) is 17.4 Å². The Balaban J connectivity index is 2.00. The minimum Gasteiger partial charge on any atom is -0.277 e. The van der Waals surface area contributed by atoms with Gasteiger partial charge in [0.2, 0.25) is 5.91 Å². The summed E-state index contributed by atoms with van der Waals surface area (Å²) in [5.41, 5.74) is 3.66. The van der Waals surface area contributed by atoms with E-state index < -0.39 is 23.9 Å². The number of amides is 4. The molecule has 4 amide bonds. The maximum atomic E-state index is 12.9. The fourth-order valence-electron chi connectivity index (χ4n) is 3.53. The van der Waals surface area contributed by atoms with Crippen molar-refractivity contribution < 1.29 is 14.4 Å². The first-order chi connectivity index (χ1) is 13.5. The lowest BCUT2D eigenvalue weighted by Gasteiger charge is -2.22. The van der Waals surface area contributed by atoms with Crippen LogP contribution in [0.5, 0.6) is 0 Å². The molecule has 2 aromatic carbocycles. The Morgan fingerprint density at radius 3 is 2.07 bits per heavy atom. The van der Waals surface area contributed by atoms with E-state index in [0.29, 0.717) is 11.3 Å². The highest BCUT2D eigenvalue weighted by molar-refractivity contribution is 6.23. The number of rotatable bonds is 6. The van der Waals surface area contributed by atoms with Gasteiger partial charge in [-0.15, -0.1) is 0 Å². The number of benzene rings is 2. The average Bonchev–Trinajstić information content (AvgIpc) is 2.97. The van der Waals surface area contributed by atoms with Crippen molar-refractivity contribution in [2.75, 3.05) is 4.90 Å². The fourth-order valence-corrected chi connectivity index (χ4v) is 3.53. The number of anilines is 1. The highest BCUT2D eigenvalue weighted by Crippen LogP contribution is 2.36. The van der Waals surface area contributed by atoms with Crippen LogP contribution in [0, 0.1) is 0 Å². The monoisotopic (exact) mass is 378 g/mol. The number of nitrogens with zero attached hydrogens (tertiary/aromatic N) is 2. The van der Waals surface area contributed by atoms with E-state index in [2.05, 4.69) is 13.8 Å². The third kappa shape index (κ3) is 3.70. The van der Waals surface area contributed by atoms with Crippen LogP contribution in [0.4, 0.5) is 10.5 Å². The first-order valence-corrected chi connectivity index (χ1v) is 9.83. The molecule has 0 saturated carbocycles. The van der Waals surface area contributed by atoms with Gasteiger partial charge in [0, 0.05) is 12.6 Å². The Hall–Kier alpha value is -2.95. The van der Waals surface area contributed by atoms with Crippen LogP contribution in [0.15, 0.2) is 48.5 Å². The number of carbonyl (C=O) groups is 3. The summed E-state index contributed by atoms with van der Waals surface area (Å²) in [5.74, 6) is -1.07. The Labute approximate surface area is 166 Å². The summed E-state index contributed by atoms with van der Waals surface area (Å²) in [6, 6.07) is 13.9. The first kappa shape index (κ1) is 19.8. The molecule has 1 aliphatic heterocycles. The van der Waals surface area contributed by atoms with Gasteiger partial charge in [-0.25, -0.2) is 4.79 Å². The Morgan fingerprint density at radius 2 is 1.54 bits per heavy atom. The van der Waals surface area contributed by atoms with Crippen LogP contribution in [0.3, 0.4) is 0 Å². The number of hydrogen-bond acceptors (Lipinski definition) is 3. The molecule has 5 heteroatoms. The van der Waals surface area contributed by atoms with Crippen molar-refractivity contribution in [2.24, 2.45) is 0 Å². The van der Waals surface area contributed by atoms with Crippen molar-refractivity contribution in [2.45, 2.75) is 52.5 Å². The highest BCUT2D eigenvalue weighted by Gasteiger charge is 2.48. The molecule has 1 aliphatic rings. The van der Waals surface area contributed by atoms with Crippen LogP contribution < -0.4 is 4.90 Å². The molecule has 28 heavy (non-hydrogen) atoms. The fraction of sp³-hybridized carbons (Fsp3) is 0.348. The Morgan fingerprint density at radius 1 is 0.929 bits per heavy atom. The largest absolute Gasteiger partial charge is 0.339 e. The maximum Gasteiger partial charge on any atom is 0.339 e. The maximum absolute atomic E-state index is 12.9. The van der Waals surface area contributed by atoms with E-state index in [9.17, 15) is 14.4 Å². The summed E-state index contributed by atoms with van der Waals surface area (Å²) in [4.78, 5) is 40.0. The van der Waals surface area contributed by atoms with E-state index in [4.69, 9.17) is 0 Å². The van der Waals surface area contributed by atoms with Crippen molar-refractivity contribution in [1.29, 1.82) is 0 Å². The Bertz CT molecular complexity index is 872. The quantitative estimate of drug-likeness (QED) is 0.688. The third-order valence-corrected chi connectivity index (χ3v) is 5.16. The van der Waals surface area contributed by atoms with E-state index in [0.717, 1.165) is 36.1 Å². The van der Waals surface area contributed by atoms with Gasteiger partial charge in [-0.3, -0.25) is 14.5 Å². The zero-order chi connectivity index (χ0) is 20.3. The van der Waals surface area contributed by atoms with Gasteiger partial charge < -0.3 is 0 Å². The van der Waals surface area contributed by atoms with Gasteiger partial charge in [-0.05, 0) is 48.1 Å². The average molecular weight is 378 g/mol. The van der Waals surface area contributed by atoms with Crippen molar-refractivity contribution in [3.8, 4) is 0 Å². The van der Waals surface area contributed by atoms with Crippen LogP contribution in [-0.4, -0.2) is 22.7 Å². The number of hydrogen-bond donors (Lipinski definition) is 0.